The van der Waals surface area contributed by atoms with Gasteiger partial charge in [0.2, 0.25) is 5.78 Å². The summed E-state index contributed by atoms with van der Waals surface area (Å²) in [6.45, 7) is 1.31. The molecule has 2 aliphatic carbocycles. The molecule has 0 radical (unpaired) electrons. The van der Waals surface area contributed by atoms with E-state index in [0.717, 1.165) is 0 Å². The molecule has 1 saturated heterocycles. The third-order valence-electron chi connectivity index (χ3n) is 8.31. The number of phenolic OH excluding ortho intramolecular Hbond substituents is 2. The van der Waals surface area contributed by atoms with E-state index in [0.29, 0.717) is 0 Å². The standard InChI is InChI=1S/C29H27F3INO11/c1-10-22(36)13(34-27(41)29(30,31)32)6-17(44-10)45-15-8-28(42,16(35)9-33)7-12-19(15)26(40)21-20(24(12)38)23(37)11-4-3-5-14(43-2)18(11)25(21)39/h3-5,10,13,15,17,22,36,38,40,42H,6-9H2,1-2H3,(H,34,41)/t10-,13-,15-,17-,22+,28-/m0/s1. The zero-order valence-corrected chi connectivity index (χ0v) is 25.8. The van der Waals surface area contributed by atoms with Crippen LogP contribution in [0.3, 0.4) is 0 Å². The smallest absolute Gasteiger partial charge is 0.471 e. The maximum atomic E-state index is 13.7. The highest BCUT2D eigenvalue weighted by atomic mass is 127. The van der Waals surface area contributed by atoms with Gasteiger partial charge in [-0.1, -0.05) is 34.7 Å². The Morgan fingerprint density at radius 1 is 1.13 bits per heavy atom. The first kappa shape index (κ1) is 33.1. The summed E-state index contributed by atoms with van der Waals surface area (Å²) in [6.07, 6.45) is -12.7. The van der Waals surface area contributed by atoms with Gasteiger partial charge in [0.15, 0.2) is 17.9 Å². The maximum Gasteiger partial charge on any atom is 0.471 e. The molecule has 0 unspecified atom stereocenters. The van der Waals surface area contributed by atoms with Crippen molar-refractivity contribution in [1.29, 1.82) is 0 Å². The van der Waals surface area contributed by atoms with E-state index in [1.54, 1.807) is 27.9 Å². The molecule has 16 heteroatoms. The second-order valence-electron chi connectivity index (χ2n) is 11.0. The van der Waals surface area contributed by atoms with Crippen molar-refractivity contribution in [2.75, 3.05) is 11.5 Å². The van der Waals surface area contributed by atoms with Gasteiger partial charge in [-0.05, 0) is 13.0 Å². The van der Waals surface area contributed by atoms with Crippen molar-refractivity contribution < 1.29 is 67.0 Å². The molecule has 0 bridgehead atoms. The number of halogens is 4. The maximum absolute atomic E-state index is 13.7. The highest BCUT2D eigenvalue weighted by Gasteiger charge is 2.51. The molecule has 0 aromatic heterocycles. The van der Waals surface area contributed by atoms with E-state index >= 15 is 0 Å². The molecule has 6 atom stereocenters. The normalized spacial score (nSPS) is 27.7. The molecule has 1 heterocycles. The summed E-state index contributed by atoms with van der Waals surface area (Å²) in [7, 11) is 1.27. The van der Waals surface area contributed by atoms with E-state index in [-0.39, 0.29) is 32.4 Å². The Kier molecular flexibility index (Phi) is 8.67. The van der Waals surface area contributed by atoms with Gasteiger partial charge in [-0.3, -0.25) is 19.2 Å². The van der Waals surface area contributed by atoms with Crippen molar-refractivity contribution in [3.8, 4) is 17.2 Å². The number of alkyl halides is 4. The van der Waals surface area contributed by atoms with Crippen molar-refractivity contribution in [2.45, 2.75) is 68.6 Å². The third kappa shape index (κ3) is 5.55. The van der Waals surface area contributed by atoms with Crippen LogP contribution in [0.15, 0.2) is 18.2 Å². The number of aliphatic hydroxyl groups excluding tert-OH is 1. The Morgan fingerprint density at radius 2 is 1.80 bits per heavy atom. The number of phenols is 2. The van der Waals surface area contributed by atoms with E-state index in [1.807, 2.05) is 0 Å². The topological polar surface area (TPSA) is 189 Å². The molecule has 0 saturated carbocycles. The first-order valence-electron chi connectivity index (χ1n) is 13.6. The third-order valence-corrected chi connectivity index (χ3v) is 9.01. The molecule has 2 aromatic carbocycles. The van der Waals surface area contributed by atoms with Crippen LogP contribution in [0.2, 0.25) is 0 Å². The van der Waals surface area contributed by atoms with Crippen LogP contribution in [0.1, 0.15) is 68.8 Å². The summed E-state index contributed by atoms with van der Waals surface area (Å²) in [4.78, 5) is 51.9. The predicted molar refractivity (Wildman–Crippen MR) is 154 cm³/mol. The first-order chi connectivity index (χ1) is 21.0. The second kappa shape index (κ2) is 11.8. The molecule has 3 aliphatic rings. The minimum atomic E-state index is -5.25. The number of rotatable bonds is 6. The fourth-order valence-electron chi connectivity index (χ4n) is 6.09. The van der Waals surface area contributed by atoms with Crippen molar-refractivity contribution in [3.05, 3.63) is 51.6 Å². The van der Waals surface area contributed by atoms with Gasteiger partial charge >= 0.3 is 12.1 Å². The number of ether oxygens (including phenoxy) is 3. The van der Waals surface area contributed by atoms with Gasteiger partial charge in [0.1, 0.15) is 29.0 Å². The molecular weight excluding hydrogens is 722 g/mol. The Hall–Kier alpha value is -3.32. The SMILES string of the molecule is COc1cccc2c1C(=O)c1c(O)c3c(c(O)c1C2=O)C[C@@](O)(C(=O)CI)C[C@@H]3O[C@H]1C[C@H](NC(=O)C(F)(F)F)[C@H](O)[C@H](C)O1. The number of methoxy groups -OCH3 is 1. The van der Waals surface area contributed by atoms with Crippen molar-refractivity contribution >= 4 is 45.8 Å². The number of fused-ring (bicyclic) bond motifs is 3. The van der Waals surface area contributed by atoms with Crippen LogP contribution in [0.5, 0.6) is 17.2 Å². The Balaban J connectivity index is 1.61. The molecule has 1 fully saturated rings. The monoisotopic (exact) mass is 749 g/mol. The van der Waals surface area contributed by atoms with Gasteiger partial charge in [0.25, 0.3) is 0 Å². The summed E-state index contributed by atoms with van der Waals surface area (Å²) >= 11 is 1.72. The number of hydrogen-bond acceptors (Lipinski definition) is 11. The average molecular weight is 749 g/mol. The fraction of sp³-hybridized carbons (Fsp3) is 0.448. The lowest BCUT2D eigenvalue weighted by atomic mass is 9.72. The fourth-order valence-corrected chi connectivity index (χ4v) is 6.80. The van der Waals surface area contributed by atoms with E-state index in [2.05, 4.69) is 0 Å². The minimum absolute atomic E-state index is 0.0259. The van der Waals surface area contributed by atoms with Crippen LogP contribution in [0, 0.1) is 0 Å². The van der Waals surface area contributed by atoms with Gasteiger partial charge in [-0.2, -0.15) is 13.2 Å². The van der Waals surface area contributed by atoms with Crippen molar-refractivity contribution in [2.24, 2.45) is 0 Å². The zero-order valence-electron chi connectivity index (χ0n) is 23.6. The lowest BCUT2D eigenvalue weighted by molar-refractivity contribution is -0.250. The largest absolute Gasteiger partial charge is 0.507 e. The molecule has 1 amide bonds. The van der Waals surface area contributed by atoms with Crippen LogP contribution in [-0.4, -0.2) is 91.5 Å². The number of aromatic hydroxyl groups is 2. The lowest BCUT2D eigenvalue weighted by Gasteiger charge is -2.43. The highest BCUT2D eigenvalue weighted by molar-refractivity contribution is 14.1. The molecule has 0 spiro atoms. The van der Waals surface area contributed by atoms with E-state index in [1.165, 1.54) is 32.2 Å². The van der Waals surface area contributed by atoms with Crippen LogP contribution in [0.4, 0.5) is 13.2 Å². The molecule has 5 N–H and O–H groups in total. The molecule has 1 aliphatic heterocycles. The van der Waals surface area contributed by atoms with Gasteiger partial charge in [0, 0.05) is 36.0 Å². The van der Waals surface area contributed by atoms with Gasteiger partial charge in [-0.15, -0.1) is 0 Å². The molecule has 2 aromatic rings. The number of carbonyl (C=O) groups excluding carboxylic acids is 4. The second-order valence-corrected chi connectivity index (χ2v) is 11.8. The summed E-state index contributed by atoms with van der Waals surface area (Å²) in [5.41, 5.74) is -4.13. The number of aliphatic hydroxyl groups is 2. The number of hydrogen-bond donors (Lipinski definition) is 5. The van der Waals surface area contributed by atoms with Crippen molar-refractivity contribution in [1.82, 2.24) is 5.32 Å². The number of nitrogens with one attached hydrogen (secondary N) is 1. The minimum Gasteiger partial charge on any atom is -0.507 e. The number of ketones is 3. The zero-order chi connectivity index (χ0) is 33.2. The summed E-state index contributed by atoms with van der Waals surface area (Å²) < 4.78 is 55.5. The Bertz CT molecular complexity index is 1610. The highest BCUT2D eigenvalue weighted by Crippen LogP contribution is 2.52. The van der Waals surface area contributed by atoms with Gasteiger partial charge in [-0.25, -0.2) is 0 Å². The summed E-state index contributed by atoms with van der Waals surface area (Å²) in [5.74, 6) is -6.23. The molecule has 12 nitrogen and oxygen atoms in total. The molecule has 242 valence electrons. The van der Waals surface area contributed by atoms with E-state index in [9.17, 15) is 52.8 Å². The predicted octanol–water partition coefficient (Wildman–Crippen LogP) is 2.16. The van der Waals surface area contributed by atoms with Crippen LogP contribution in [0.25, 0.3) is 0 Å². The number of amides is 1. The quantitative estimate of drug-likeness (QED) is 0.141. The van der Waals surface area contributed by atoms with Crippen LogP contribution in [-0.2, 0) is 25.5 Å². The molecular formula is C29H27F3INO11. The number of benzene rings is 2. The van der Waals surface area contributed by atoms with Crippen LogP contribution < -0.4 is 10.1 Å². The average Bonchev–Trinajstić information content (AvgIpc) is 2.98. The van der Waals surface area contributed by atoms with Gasteiger partial charge < -0.3 is 40.0 Å². The molecule has 45 heavy (non-hydrogen) atoms. The number of carbonyl (C=O) groups is 4. The summed E-state index contributed by atoms with van der Waals surface area (Å²) in [6, 6.07) is 2.72. The van der Waals surface area contributed by atoms with E-state index < -0.39 is 108 Å². The molecule has 5 rings (SSSR count). The lowest BCUT2D eigenvalue weighted by Crippen LogP contribution is -2.57. The van der Waals surface area contributed by atoms with E-state index in [4.69, 9.17) is 14.2 Å². The number of Topliss-reactive ketones (excluding diaryl/α,β-unsaturated/α-hetero) is 1. The summed E-state index contributed by atoms with van der Waals surface area (Å²) in [5, 5.41) is 46.6. The van der Waals surface area contributed by atoms with Crippen LogP contribution >= 0.6 is 22.6 Å². The Labute approximate surface area is 266 Å². The van der Waals surface area contributed by atoms with Gasteiger partial charge in [0.05, 0.1) is 46.5 Å². The first-order valence-corrected chi connectivity index (χ1v) is 15.1. The Morgan fingerprint density at radius 3 is 2.42 bits per heavy atom. The van der Waals surface area contributed by atoms with Crippen molar-refractivity contribution in [3.63, 3.8) is 0 Å².